The highest BCUT2D eigenvalue weighted by molar-refractivity contribution is 7.92. The topological polar surface area (TPSA) is 55.4 Å². The summed E-state index contributed by atoms with van der Waals surface area (Å²) in [6.07, 6.45) is 0. The third kappa shape index (κ3) is 3.77. The van der Waals surface area contributed by atoms with Crippen molar-refractivity contribution < 1.29 is 30.7 Å². The molecule has 0 heterocycles. The molecule has 4 nitrogen and oxygen atoms in total. The largest absolute Gasteiger partial charge is 0.496 e. The van der Waals surface area contributed by atoms with E-state index in [1.165, 1.54) is 49.6 Å². The first-order chi connectivity index (χ1) is 13.7. The molecule has 29 heavy (non-hydrogen) atoms. The van der Waals surface area contributed by atoms with E-state index < -0.39 is 44.5 Å². The van der Waals surface area contributed by atoms with Gasteiger partial charge in [0.05, 0.1) is 17.7 Å². The van der Waals surface area contributed by atoms with Gasteiger partial charge in [-0.15, -0.1) is 0 Å². The van der Waals surface area contributed by atoms with Gasteiger partial charge < -0.3 is 4.74 Å². The molecule has 0 fully saturated rings. The van der Waals surface area contributed by atoms with Gasteiger partial charge in [0.1, 0.15) is 5.75 Å². The van der Waals surface area contributed by atoms with Crippen molar-refractivity contribution in [3.63, 3.8) is 0 Å². The van der Waals surface area contributed by atoms with Crippen LogP contribution in [0.25, 0.3) is 11.1 Å². The predicted octanol–water partition coefficient (Wildman–Crippen LogP) is 5.03. The van der Waals surface area contributed by atoms with Gasteiger partial charge in [-0.1, -0.05) is 24.3 Å². The Bertz CT molecular complexity index is 1180. The average Bonchev–Trinajstić information content (AvgIpc) is 2.71. The molecule has 3 aromatic carbocycles. The minimum Gasteiger partial charge on any atom is -0.496 e. The van der Waals surface area contributed by atoms with Crippen molar-refractivity contribution >= 4 is 15.7 Å². The summed E-state index contributed by atoms with van der Waals surface area (Å²) in [5, 5.41) is 0. The van der Waals surface area contributed by atoms with Gasteiger partial charge in [0.15, 0.2) is 23.3 Å². The minimum absolute atomic E-state index is 0.0654. The van der Waals surface area contributed by atoms with Gasteiger partial charge in [-0.25, -0.2) is 26.0 Å². The summed E-state index contributed by atoms with van der Waals surface area (Å²) < 4.78 is 89.1. The molecule has 0 radical (unpaired) electrons. The van der Waals surface area contributed by atoms with Crippen LogP contribution in [0.2, 0.25) is 0 Å². The van der Waals surface area contributed by atoms with E-state index in [2.05, 4.69) is 0 Å². The van der Waals surface area contributed by atoms with E-state index in [1.807, 2.05) is 4.72 Å². The van der Waals surface area contributed by atoms with Gasteiger partial charge >= 0.3 is 0 Å². The van der Waals surface area contributed by atoms with Crippen molar-refractivity contribution in [2.75, 3.05) is 11.8 Å². The smallest absolute Gasteiger partial charge is 0.262 e. The zero-order valence-corrected chi connectivity index (χ0v) is 16.1. The van der Waals surface area contributed by atoms with Crippen LogP contribution in [0.4, 0.5) is 23.2 Å². The molecule has 0 aliphatic carbocycles. The number of hydrogen-bond donors (Lipinski definition) is 1. The number of benzene rings is 3. The molecule has 0 aromatic heterocycles. The Balaban J connectivity index is 2.25. The Morgan fingerprint density at radius 2 is 1.48 bits per heavy atom. The molecular weight excluding hydrogens is 410 g/mol. The molecule has 0 unspecified atom stereocenters. The number of ether oxygens (including phenoxy) is 1. The van der Waals surface area contributed by atoms with Gasteiger partial charge in [-0.05, 0) is 42.3 Å². The molecular formula is C20H15F4NO3S. The SMILES string of the molecule is COc1ccc(-c2c(F)c(F)c(F)c(F)c2NS(=O)(=O)c2ccccc2)cc1C. The highest BCUT2D eigenvalue weighted by Gasteiger charge is 2.29. The maximum Gasteiger partial charge on any atom is 0.262 e. The van der Waals surface area contributed by atoms with Crippen LogP contribution in [0, 0.1) is 30.2 Å². The van der Waals surface area contributed by atoms with Crippen molar-refractivity contribution in [3.8, 4) is 16.9 Å². The minimum atomic E-state index is -4.41. The van der Waals surface area contributed by atoms with Crippen molar-refractivity contribution in [1.82, 2.24) is 0 Å². The van der Waals surface area contributed by atoms with Crippen molar-refractivity contribution in [2.45, 2.75) is 11.8 Å². The molecule has 1 N–H and O–H groups in total. The molecule has 3 aromatic rings. The number of sulfonamides is 1. The standard InChI is InChI=1S/C20H15F4NO3S/c1-11-10-12(8-9-14(11)28-2)15-16(21)17(22)18(23)19(24)20(15)25-29(26,27)13-6-4-3-5-7-13/h3-10,25H,1-2H3. The fraction of sp³-hybridized carbons (Fsp3) is 0.100. The molecule has 0 amide bonds. The first-order valence-electron chi connectivity index (χ1n) is 8.26. The normalized spacial score (nSPS) is 11.4. The number of aryl methyl sites for hydroxylation is 1. The van der Waals surface area contributed by atoms with Crippen LogP contribution in [-0.4, -0.2) is 15.5 Å². The first-order valence-corrected chi connectivity index (χ1v) is 9.74. The number of nitrogens with one attached hydrogen (secondary N) is 1. The number of halogens is 4. The van der Waals surface area contributed by atoms with E-state index in [-0.39, 0.29) is 10.5 Å². The molecule has 0 aliphatic rings. The third-order valence-electron chi connectivity index (χ3n) is 4.24. The zero-order valence-electron chi connectivity index (χ0n) is 15.3. The number of hydrogen-bond acceptors (Lipinski definition) is 3. The fourth-order valence-corrected chi connectivity index (χ4v) is 3.92. The van der Waals surface area contributed by atoms with Crippen LogP contribution in [0.15, 0.2) is 53.4 Å². The van der Waals surface area contributed by atoms with Gasteiger partial charge in [-0.3, -0.25) is 4.72 Å². The van der Waals surface area contributed by atoms with Crippen molar-refractivity contribution in [1.29, 1.82) is 0 Å². The molecule has 0 saturated carbocycles. The predicted molar refractivity (Wildman–Crippen MR) is 100 cm³/mol. The maximum atomic E-state index is 14.6. The van der Waals surface area contributed by atoms with Gasteiger partial charge in [0.2, 0.25) is 0 Å². The van der Waals surface area contributed by atoms with Crippen molar-refractivity contribution in [3.05, 3.63) is 77.4 Å². The number of methoxy groups -OCH3 is 1. The van der Waals surface area contributed by atoms with Gasteiger partial charge in [0.25, 0.3) is 10.0 Å². The lowest BCUT2D eigenvalue weighted by molar-refractivity contribution is 0.411. The second-order valence-corrected chi connectivity index (χ2v) is 7.79. The van der Waals surface area contributed by atoms with E-state index in [0.717, 1.165) is 0 Å². The summed E-state index contributed by atoms with van der Waals surface area (Å²) >= 11 is 0. The molecule has 0 aliphatic heterocycles. The summed E-state index contributed by atoms with van der Waals surface area (Å²) in [5.41, 5.74) is -1.36. The van der Waals surface area contributed by atoms with Crippen LogP contribution in [0.5, 0.6) is 5.75 Å². The Hall–Kier alpha value is -3.07. The zero-order chi connectivity index (χ0) is 21.3. The lowest BCUT2D eigenvalue weighted by Crippen LogP contribution is -2.17. The summed E-state index contributed by atoms with van der Waals surface area (Å²) in [4.78, 5) is -0.263. The van der Waals surface area contributed by atoms with E-state index in [0.29, 0.717) is 11.3 Å². The molecule has 152 valence electrons. The van der Waals surface area contributed by atoms with Gasteiger partial charge in [0, 0.05) is 5.56 Å². The van der Waals surface area contributed by atoms with Crippen LogP contribution < -0.4 is 9.46 Å². The summed E-state index contributed by atoms with van der Waals surface area (Å²) in [7, 11) is -3.00. The third-order valence-corrected chi connectivity index (χ3v) is 5.61. The molecule has 0 saturated heterocycles. The molecule has 0 bridgehead atoms. The van der Waals surface area contributed by atoms with Crippen LogP contribution >= 0.6 is 0 Å². The highest BCUT2D eigenvalue weighted by atomic mass is 32.2. The maximum absolute atomic E-state index is 14.6. The molecule has 0 spiro atoms. The molecule has 3 rings (SSSR count). The first kappa shape index (κ1) is 20.7. The second-order valence-electron chi connectivity index (χ2n) is 6.11. The van der Waals surface area contributed by atoms with Crippen LogP contribution in [-0.2, 0) is 10.0 Å². The second kappa shape index (κ2) is 7.75. The average molecular weight is 425 g/mol. The lowest BCUT2D eigenvalue weighted by atomic mass is 10.00. The van der Waals surface area contributed by atoms with E-state index in [1.54, 1.807) is 13.0 Å². The van der Waals surface area contributed by atoms with E-state index >= 15 is 0 Å². The summed E-state index contributed by atoms with van der Waals surface area (Å²) in [6.45, 7) is 1.60. The number of rotatable bonds is 5. The van der Waals surface area contributed by atoms with Gasteiger partial charge in [-0.2, -0.15) is 0 Å². The van der Waals surface area contributed by atoms with Crippen LogP contribution in [0.3, 0.4) is 0 Å². The summed E-state index contributed by atoms with van der Waals surface area (Å²) in [5.74, 6) is -7.33. The quantitative estimate of drug-likeness (QED) is 0.355. The Labute approximate surface area is 164 Å². The Kier molecular flexibility index (Phi) is 5.52. The number of anilines is 1. The Morgan fingerprint density at radius 3 is 2.07 bits per heavy atom. The van der Waals surface area contributed by atoms with E-state index in [4.69, 9.17) is 4.74 Å². The van der Waals surface area contributed by atoms with E-state index in [9.17, 15) is 26.0 Å². The monoisotopic (exact) mass is 425 g/mol. The lowest BCUT2D eigenvalue weighted by Gasteiger charge is -2.17. The molecule has 9 heteroatoms. The van der Waals surface area contributed by atoms with Crippen LogP contribution in [0.1, 0.15) is 5.56 Å². The Morgan fingerprint density at radius 1 is 0.862 bits per heavy atom. The fourth-order valence-electron chi connectivity index (χ4n) is 2.83. The molecule has 0 atom stereocenters. The van der Waals surface area contributed by atoms with Crippen molar-refractivity contribution in [2.24, 2.45) is 0 Å². The summed E-state index contributed by atoms with van der Waals surface area (Å²) in [6, 6.07) is 10.9. The highest BCUT2D eigenvalue weighted by Crippen LogP contribution is 2.39.